The minimum absolute atomic E-state index is 0.00532. The van der Waals surface area contributed by atoms with Crippen molar-refractivity contribution in [2.45, 2.75) is 24.8 Å². The van der Waals surface area contributed by atoms with Crippen LogP contribution in [0.25, 0.3) is 0 Å². The summed E-state index contributed by atoms with van der Waals surface area (Å²) in [5, 5.41) is 13.4. The first-order chi connectivity index (χ1) is 9.29. The fourth-order valence-electron chi connectivity index (χ4n) is 1.59. The summed E-state index contributed by atoms with van der Waals surface area (Å²) in [5.41, 5.74) is 5.87. The second-order valence-corrected chi connectivity index (χ2v) is 6.31. The fraction of sp³-hybridized carbons (Fsp3) is 0.250. The van der Waals surface area contributed by atoms with Crippen molar-refractivity contribution in [2.24, 2.45) is 0 Å². The van der Waals surface area contributed by atoms with Gasteiger partial charge in [-0.3, -0.25) is 9.40 Å². The number of nitrogens with two attached hydrogens (primary N) is 1. The molecule has 0 unspecified atom stereocenters. The Bertz CT molecular complexity index is 722. The van der Waals surface area contributed by atoms with E-state index in [9.17, 15) is 13.5 Å². The van der Waals surface area contributed by atoms with Crippen LogP contribution in [0.3, 0.4) is 0 Å². The van der Waals surface area contributed by atoms with Crippen LogP contribution in [-0.4, -0.2) is 23.3 Å². The highest BCUT2D eigenvalue weighted by molar-refractivity contribution is 7.92. The Labute approximate surface area is 117 Å². The summed E-state index contributed by atoms with van der Waals surface area (Å²) in [5.74, 6) is -0.156. The number of nitrogen functional groups attached to an aromatic ring is 1. The van der Waals surface area contributed by atoms with Gasteiger partial charge in [0.15, 0.2) is 0 Å². The van der Waals surface area contributed by atoms with Crippen molar-refractivity contribution in [3.63, 3.8) is 0 Å². The van der Waals surface area contributed by atoms with Crippen molar-refractivity contribution in [2.75, 3.05) is 10.5 Å². The predicted octanol–water partition coefficient (Wildman–Crippen LogP) is 1.55. The zero-order valence-electron chi connectivity index (χ0n) is 11.1. The molecule has 0 atom stereocenters. The van der Waals surface area contributed by atoms with E-state index >= 15 is 0 Å². The summed E-state index contributed by atoms with van der Waals surface area (Å²) in [6, 6.07) is 3.85. The van der Waals surface area contributed by atoms with Crippen LogP contribution >= 0.6 is 0 Å². The number of phenolic OH excluding ortho intramolecular Hbond substituents is 1. The number of hydrogen-bond donors (Lipinski definition) is 3. The van der Waals surface area contributed by atoms with Gasteiger partial charge in [-0.1, -0.05) is 0 Å². The summed E-state index contributed by atoms with van der Waals surface area (Å²) in [7, 11) is -3.76. The molecule has 4 N–H and O–H groups in total. The van der Waals surface area contributed by atoms with Crippen LogP contribution in [0.2, 0.25) is 0 Å². The van der Waals surface area contributed by atoms with E-state index in [1.165, 1.54) is 24.4 Å². The van der Waals surface area contributed by atoms with Crippen molar-refractivity contribution in [1.29, 1.82) is 0 Å². The average Bonchev–Trinajstić information content (AvgIpc) is 2.80. The lowest BCUT2D eigenvalue weighted by atomic mass is 10.3. The molecule has 0 aliphatic heterocycles. The van der Waals surface area contributed by atoms with Gasteiger partial charge in [0, 0.05) is 12.2 Å². The number of sulfonamides is 1. The van der Waals surface area contributed by atoms with Crippen molar-refractivity contribution >= 4 is 21.4 Å². The van der Waals surface area contributed by atoms with E-state index in [4.69, 9.17) is 5.73 Å². The lowest BCUT2D eigenvalue weighted by Gasteiger charge is -2.07. The molecule has 0 saturated heterocycles. The van der Waals surface area contributed by atoms with Gasteiger partial charge < -0.3 is 10.8 Å². The van der Waals surface area contributed by atoms with Crippen LogP contribution in [0, 0.1) is 0 Å². The molecule has 0 radical (unpaired) electrons. The number of anilines is 2. The predicted molar refractivity (Wildman–Crippen MR) is 75.9 cm³/mol. The molecule has 2 rings (SSSR count). The van der Waals surface area contributed by atoms with Gasteiger partial charge in [0.2, 0.25) is 0 Å². The molecule has 0 bridgehead atoms. The Morgan fingerprint density at radius 2 is 2.10 bits per heavy atom. The average molecular weight is 296 g/mol. The lowest BCUT2D eigenvalue weighted by Crippen LogP contribution is -2.12. The number of nitrogens with one attached hydrogen (secondary N) is 1. The van der Waals surface area contributed by atoms with E-state index in [1.54, 1.807) is 10.9 Å². The topological polar surface area (TPSA) is 110 Å². The molecular weight excluding hydrogens is 280 g/mol. The molecule has 1 aromatic heterocycles. The number of benzene rings is 1. The first-order valence-electron chi connectivity index (χ1n) is 5.95. The summed E-state index contributed by atoms with van der Waals surface area (Å²) in [6.07, 6.45) is 3.04. The van der Waals surface area contributed by atoms with E-state index in [-0.39, 0.29) is 22.4 Å². The third-order valence-electron chi connectivity index (χ3n) is 2.69. The monoisotopic (exact) mass is 296 g/mol. The van der Waals surface area contributed by atoms with E-state index in [0.29, 0.717) is 5.69 Å². The molecule has 1 aromatic carbocycles. The van der Waals surface area contributed by atoms with Gasteiger partial charge in [0.1, 0.15) is 5.75 Å². The molecule has 1 heterocycles. The molecule has 20 heavy (non-hydrogen) atoms. The maximum absolute atomic E-state index is 12.2. The Kier molecular flexibility index (Phi) is 3.58. The Hall–Kier alpha value is -2.22. The lowest BCUT2D eigenvalue weighted by molar-refractivity contribution is 0.477. The summed E-state index contributed by atoms with van der Waals surface area (Å²) < 4.78 is 28.4. The zero-order chi connectivity index (χ0) is 14.9. The summed E-state index contributed by atoms with van der Waals surface area (Å²) >= 11 is 0. The highest BCUT2D eigenvalue weighted by Gasteiger charge is 2.16. The van der Waals surface area contributed by atoms with Gasteiger partial charge in [-0.2, -0.15) is 5.10 Å². The maximum Gasteiger partial charge on any atom is 0.262 e. The second-order valence-electron chi connectivity index (χ2n) is 4.63. The third kappa shape index (κ3) is 2.85. The first kappa shape index (κ1) is 14.2. The van der Waals surface area contributed by atoms with E-state index in [2.05, 4.69) is 9.82 Å². The molecule has 0 aliphatic carbocycles. The van der Waals surface area contributed by atoms with Crippen molar-refractivity contribution < 1.29 is 13.5 Å². The molecule has 0 spiro atoms. The highest BCUT2D eigenvalue weighted by Crippen LogP contribution is 2.24. The van der Waals surface area contributed by atoms with Crippen LogP contribution < -0.4 is 10.5 Å². The van der Waals surface area contributed by atoms with E-state index < -0.39 is 10.0 Å². The number of aromatic hydroxyl groups is 1. The van der Waals surface area contributed by atoms with Crippen LogP contribution in [0.4, 0.5) is 11.4 Å². The number of nitrogens with zero attached hydrogens (tertiary/aromatic N) is 2. The molecular formula is C12H16N4O3S. The molecule has 108 valence electrons. The van der Waals surface area contributed by atoms with Crippen molar-refractivity contribution in [3.8, 4) is 5.75 Å². The molecule has 7 nitrogen and oxygen atoms in total. The standard InChI is InChI=1S/C12H16N4O3S/c1-8(2)16-7-9(6-14-16)15-20(18,19)10-3-4-12(17)11(13)5-10/h3-8,15,17H,13H2,1-2H3. The van der Waals surface area contributed by atoms with Crippen molar-refractivity contribution in [1.82, 2.24) is 9.78 Å². The molecule has 8 heteroatoms. The largest absolute Gasteiger partial charge is 0.506 e. The van der Waals surface area contributed by atoms with Crippen molar-refractivity contribution in [3.05, 3.63) is 30.6 Å². The van der Waals surface area contributed by atoms with Gasteiger partial charge in [-0.15, -0.1) is 0 Å². The maximum atomic E-state index is 12.2. The molecule has 0 aliphatic rings. The number of hydrogen-bond acceptors (Lipinski definition) is 5. The minimum Gasteiger partial charge on any atom is -0.506 e. The quantitative estimate of drug-likeness (QED) is 0.585. The third-order valence-corrected chi connectivity index (χ3v) is 4.07. The highest BCUT2D eigenvalue weighted by atomic mass is 32.2. The number of phenols is 1. The second kappa shape index (κ2) is 5.04. The Balaban J connectivity index is 2.28. The van der Waals surface area contributed by atoms with Crippen LogP contribution in [0.1, 0.15) is 19.9 Å². The number of rotatable bonds is 4. The Morgan fingerprint density at radius 1 is 1.40 bits per heavy atom. The van der Waals surface area contributed by atoms with E-state index in [0.717, 1.165) is 0 Å². The first-order valence-corrected chi connectivity index (χ1v) is 7.43. The normalized spacial score (nSPS) is 11.8. The SMILES string of the molecule is CC(C)n1cc(NS(=O)(=O)c2ccc(O)c(N)c2)cn1. The smallest absolute Gasteiger partial charge is 0.262 e. The number of aromatic nitrogens is 2. The van der Waals surface area contributed by atoms with Gasteiger partial charge in [0.05, 0.1) is 22.5 Å². The summed E-state index contributed by atoms with van der Waals surface area (Å²) in [4.78, 5) is -0.0231. The molecule has 0 fully saturated rings. The van der Waals surface area contributed by atoms with Gasteiger partial charge in [-0.25, -0.2) is 8.42 Å². The fourth-order valence-corrected chi connectivity index (χ4v) is 2.65. The van der Waals surface area contributed by atoms with Crippen LogP contribution in [0.5, 0.6) is 5.75 Å². The molecule has 2 aromatic rings. The van der Waals surface area contributed by atoms with Gasteiger partial charge in [-0.05, 0) is 32.0 Å². The van der Waals surface area contributed by atoms with Crippen LogP contribution in [0.15, 0.2) is 35.5 Å². The zero-order valence-corrected chi connectivity index (χ0v) is 11.9. The molecule has 0 amide bonds. The van der Waals surface area contributed by atoms with Crippen LogP contribution in [-0.2, 0) is 10.0 Å². The van der Waals surface area contributed by atoms with Gasteiger partial charge >= 0.3 is 0 Å². The minimum atomic E-state index is -3.76. The van der Waals surface area contributed by atoms with Gasteiger partial charge in [0.25, 0.3) is 10.0 Å². The van der Waals surface area contributed by atoms with E-state index in [1.807, 2.05) is 13.8 Å². The Morgan fingerprint density at radius 3 is 2.65 bits per heavy atom. The molecule has 0 saturated carbocycles. The summed E-state index contributed by atoms with van der Waals surface area (Å²) in [6.45, 7) is 3.87.